The Morgan fingerprint density at radius 1 is 0.929 bits per heavy atom. The molecular formula is C22H27F2N3O. The minimum absolute atomic E-state index is 0.0308. The molecular weight excluding hydrogens is 360 g/mol. The van der Waals surface area contributed by atoms with Gasteiger partial charge in [0, 0.05) is 69.7 Å². The summed E-state index contributed by atoms with van der Waals surface area (Å²) in [6, 6.07) is 11.1. The van der Waals surface area contributed by atoms with Gasteiger partial charge in [-0.3, -0.25) is 4.90 Å². The normalized spacial score (nSPS) is 19.8. The van der Waals surface area contributed by atoms with Gasteiger partial charge >= 0.3 is 0 Å². The molecule has 2 saturated heterocycles. The first-order chi connectivity index (χ1) is 13.5. The molecule has 1 aromatic carbocycles. The van der Waals surface area contributed by atoms with Crippen LogP contribution in [0.1, 0.15) is 25.3 Å². The second-order valence-electron chi connectivity index (χ2n) is 7.74. The minimum atomic E-state index is -2.81. The lowest BCUT2D eigenvalue weighted by molar-refractivity contribution is 0.0175. The standard InChI is InChI=1S/C22H27F2N3O/c1-22(23,24)19-5-2-17(3-6-19)18-4-7-21(25-16-18)27-12-10-26(11-13-27)20-8-14-28-15-9-20/h2-7,16,20H,8-15H2,1H3. The van der Waals surface area contributed by atoms with Gasteiger partial charge in [-0.1, -0.05) is 24.3 Å². The Morgan fingerprint density at radius 2 is 1.57 bits per heavy atom. The van der Waals surface area contributed by atoms with Gasteiger partial charge in [0.25, 0.3) is 5.92 Å². The highest BCUT2D eigenvalue weighted by atomic mass is 19.3. The number of hydrogen-bond acceptors (Lipinski definition) is 4. The maximum atomic E-state index is 13.4. The van der Waals surface area contributed by atoms with E-state index in [-0.39, 0.29) is 5.56 Å². The summed E-state index contributed by atoms with van der Waals surface area (Å²) in [7, 11) is 0. The van der Waals surface area contributed by atoms with Gasteiger partial charge in [0.2, 0.25) is 0 Å². The highest BCUT2D eigenvalue weighted by Crippen LogP contribution is 2.29. The van der Waals surface area contributed by atoms with E-state index in [1.807, 2.05) is 18.3 Å². The number of ether oxygens (including phenoxy) is 1. The molecule has 0 atom stereocenters. The summed E-state index contributed by atoms with van der Waals surface area (Å²) in [6.07, 6.45) is 4.10. The zero-order chi connectivity index (χ0) is 19.6. The van der Waals surface area contributed by atoms with E-state index in [1.54, 1.807) is 12.1 Å². The maximum Gasteiger partial charge on any atom is 0.270 e. The Bertz CT molecular complexity index is 760. The molecule has 150 valence electrons. The van der Waals surface area contributed by atoms with Crippen molar-refractivity contribution in [1.82, 2.24) is 9.88 Å². The molecule has 2 fully saturated rings. The summed E-state index contributed by atoms with van der Waals surface area (Å²) in [5, 5.41) is 0. The Kier molecular flexibility index (Phi) is 5.60. The number of pyridine rings is 1. The quantitative estimate of drug-likeness (QED) is 0.788. The van der Waals surface area contributed by atoms with Crippen LogP contribution in [-0.2, 0) is 10.7 Å². The van der Waals surface area contributed by atoms with Crippen molar-refractivity contribution >= 4 is 5.82 Å². The predicted octanol–water partition coefficient (Wildman–Crippen LogP) is 4.16. The molecule has 0 spiro atoms. The minimum Gasteiger partial charge on any atom is -0.381 e. The van der Waals surface area contributed by atoms with E-state index in [4.69, 9.17) is 4.74 Å². The number of anilines is 1. The average Bonchev–Trinajstić information content (AvgIpc) is 2.74. The average molecular weight is 387 g/mol. The van der Waals surface area contributed by atoms with Gasteiger partial charge in [-0.2, -0.15) is 0 Å². The number of nitrogens with zero attached hydrogens (tertiary/aromatic N) is 3. The number of alkyl halides is 2. The van der Waals surface area contributed by atoms with Crippen LogP contribution >= 0.6 is 0 Å². The van der Waals surface area contributed by atoms with Crippen molar-refractivity contribution in [3.05, 3.63) is 48.2 Å². The van der Waals surface area contributed by atoms with E-state index in [0.717, 1.165) is 76.1 Å². The Balaban J connectivity index is 1.37. The fraction of sp³-hybridized carbons (Fsp3) is 0.500. The molecule has 0 N–H and O–H groups in total. The van der Waals surface area contributed by atoms with Crippen molar-refractivity contribution in [3.8, 4) is 11.1 Å². The molecule has 0 unspecified atom stereocenters. The van der Waals surface area contributed by atoms with Crippen LogP contribution in [0.25, 0.3) is 11.1 Å². The predicted molar refractivity (Wildman–Crippen MR) is 107 cm³/mol. The lowest BCUT2D eigenvalue weighted by Crippen LogP contribution is -2.51. The molecule has 0 saturated carbocycles. The highest BCUT2D eigenvalue weighted by Gasteiger charge is 2.26. The van der Waals surface area contributed by atoms with Crippen LogP contribution in [0, 0.1) is 0 Å². The molecule has 28 heavy (non-hydrogen) atoms. The molecule has 2 aromatic rings. The van der Waals surface area contributed by atoms with Crippen molar-refractivity contribution in [3.63, 3.8) is 0 Å². The summed E-state index contributed by atoms with van der Waals surface area (Å²) in [4.78, 5) is 9.53. The molecule has 1 aromatic heterocycles. The molecule has 0 aliphatic carbocycles. The second kappa shape index (κ2) is 8.13. The van der Waals surface area contributed by atoms with Crippen molar-refractivity contribution in [2.45, 2.75) is 31.7 Å². The van der Waals surface area contributed by atoms with E-state index in [0.29, 0.717) is 6.04 Å². The van der Waals surface area contributed by atoms with Gasteiger partial charge in [0.1, 0.15) is 5.82 Å². The summed E-state index contributed by atoms with van der Waals surface area (Å²) in [6.45, 7) is 6.74. The summed E-state index contributed by atoms with van der Waals surface area (Å²) >= 11 is 0. The Morgan fingerprint density at radius 3 is 2.14 bits per heavy atom. The third kappa shape index (κ3) is 4.33. The maximum absolute atomic E-state index is 13.4. The number of halogens is 2. The van der Waals surface area contributed by atoms with E-state index in [9.17, 15) is 8.78 Å². The molecule has 0 radical (unpaired) electrons. The topological polar surface area (TPSA) is 28.6 Å². The van der Waals surface area contributed by atoms with E-state index < -0.39 is 5.92 Å². The number of piperazine rings is 1. The first kappa shape index (κ1) is 19.3. The van der Waals surface area contributed by atoms with Crippen molar-refractivity contribution in [2.75, 3.05) is 44.3 Å². The zero-order valence-corrected chi connectivity index (χ0v) is 16.3. The van der Waals surface area contributed by atoms with Crippen LogP contribution < -0.4 is 4.90 Å². The number of benzene rings is 1. The summed E-state index contributed by atoms with van der Waals surface area (Å²) in [5.74, 6) is -1.83. The fourth-order valence-electron chi connectivity index (χ4n) is 4.07. The molecule has 0 amide bonds. The molecule has 2 aliphatic heterocycles. The number of hydrogen-bond donors (Lipinski definition) is 0. The van der Waals surface area contributed by atoms with Crippen LogP contribution in [0.15, 0.2) is 42.6 Å². The molecule has 0 bridgehead atoms. The van der Waals surface area contributed by atoms with E-state index in [2.05, 4.69) is 14.8 Å². The van der Waals surface area contributed by atoms with Gasteiger partial charge in [-0.05, 0) is 30.5 Å². The van der Waals surface area contributed by atoms with Gasteiger partial charge in [-0.15, -0.1) is 0 Å². The number of rotatable bonds is 4. The molecule has 6 heteroatoms. The summed E-state index contributed by atoms with van der Waals surface area (Å²) in [5.41, 5.74) is 1.87. The van der Waals surface area contributed by atoms with Gasteiger partial charge in [-0.25, -0.2) is 13.8 Å². The Labute approximate surface area is 165 Å². The van der Waals surface area contributed by atoms with Crippen LogP contribution in [-0.4, -0.2) is 55.3 Å². The monoisotopic (exact) mass is 387 g/mol. The Hall–Kier alpha value is -2.05. The van der Waals surface area contributed by atoms with E-state index >= 15 is 0 Å². The third-order valence-corrected chi connectivity index (χ3v) is 5.82. The van der Waals surface area contributed by atoms with Gasteiger partial charge in [0.15, 0.2) is 0 Å². The van der Waals surface area contributed by atoms with Crippen molar-refractivity contribution in [1.29, 1.82) is 0 Å². The smallest absolute Gasteiger partial charge is 0.270 e. The highest BCUT2D eigenvalue weighted by molar-refractivity contribution is 5.64. The first-order valence-electron chi connectivity index (χ1n) is 10.0. The molecule has 2 aliphatic rings. The lowest BCUT2D eigenvalue weighted by atomic mass is 10.0. The molecule has 3 heterocycles. The number of aromatic nitrogens is 1. The van der Waals surface area contributed by atoms with Gasteiger partial charge < -0.3 is 9.64 Å². The zero-order valence-electron chi connectivity index (χ0n) is 16.3. The van der Waals surface area contributed by atoms with E-state index in [1.165, 1.54) is 12.1 Å². The molecule has 4 rings (SSSR count). The lowest BCUT2D eigenvalue weighted by Gasteiger charge is -2.41. The van der Waals surface area contributed by atoms with Gasteiger partial charge in [0.05, 0.1) is 0 Å². The van der Waals surface area contributed by atoms with Crippen LogP contribution in [0.3, 0.4) is 0 Å². The summed E-state index contributed by atoms with van der Waals surface area (Å²) < 4.78 is 32.2. The van der Waals surface area contributed by atoms with Crippen LogP contribution in [0.4, 0.5) is 14.6 Å². The third-order valence-electron chi connectivity index (χ3n) is 5.82. The van der Waals surface area contributed by atoms with Crippen molar-refractivity contribution in [2.24, 2.45) is 0 Å². The fourth-order valence-corrected chi connectivity index (χ4v) is 4.07. The van der Waals surface area contributed by atoms with Crippen molar-refractivity contribution < 1.29 is 13.5 Å². The first-order valence-corrected chi connectivity index (χ1v) is 10.0. The largest absolute Gasteiger partial charge is 0.381 e. The SMILES string of the molecule is CC(F)(F)c1ccc(-c2ccc(N3CCN(C4CCOCC4)CC3)nc2)cc1. The van der Waals surface area contributed by atoms with Crippen LogP contribution in [0.2, 0.25) is 0 Å². The molecule has 4 nitrogen and oxygen atoms in total. The second-order valence-corrected chi connectivity index (χ2v) is 7.74. The van der Waals surface area contributed by atoms with Crippen LogP contribution in [0.5, 0.6) is 0 Å².